The molecule has 8 nitrogen and oxygen atoms in total. The number of fused-ring (bicyclic) bond motifs is 1. The number of hydrogen-bond donors (Lipinski definition) is 1. The molecular formula is C24H26ClN5O3S. The zero-order chi connectivity index (χ0) is 23.7. The number of hydrazine groups is 1. The standard InChI is InChI=1S/C24H26ClN5O3S/c1-16(2)28-9-11-29(12-10-28)26-24(31)32-23-13-17-5-3-4-6-19(17)30(23)15-18-14-20(33-27-18)21-7-8-22(25)34-21/h3-8,13-14,16H,9-12,15H2,1-2H3,(H,26,31). The van der Waals surface area contributed by atoms with E-state index in [9.17, 15) is 4.79 Å². The van der Waals surface area contributed by atoms with Crippen molar-refractivity contribution >= 4 is 39.9 Å². The van der Waals surface area contributed by atoms with Crippen molar-refractivity contribution in [1.82, 2.24) is 25.1 Å². The van der Waals surface area contributed by atoms with Crippen LogP contribution < -0.4 is 10.2 Å². The number of aromatic nitrogens is 2. The number of para-hydroxylation sites is 1. The lowest BCUT2D eigenvalue weighted by Gasteiger charge is -2.36. The van der Waals surface area contributed by atoms with Crippen LogP contribution in [0, 0.1) is 0 Å². The lowest BCUT2D eigenvalue weighted by atomic mass is 10.2. The maximum atomic E-state index is 12.7. The summed E-state index contributed by atoms with van der Waals surface area (Å²) in [5.41, 5.74) is 4.54. The first kappa shape index (κ1) is 22.9. The predicted molar refractivity (Wildman–Crippen MR) is 133 cm³/mol. The van der Waals surface area contributed by atoms with Crippen LogP contribution in [0.4, 0.5) is 4.79 Å². The van der Waals surface area contributed by atoms with Crippen LogP contribution in [0.3, 0.4) is 0 Å². The number of nitrogens with zero attached hydrogens (tertiary/aromatic N) is 4. The van der Waals surface area contributed by atoms with Crippen molar-refractivity contribution in [2.75, 3.05) is 26.2 Å². The molecule has 3 aromatic heterocycles. The minimum atomic E-state index is -0.504. The second-order valence-electron chi connectivity index (χ2n) is 8.53. The Morgan fingerprint density at radius 2 is 1.97 bits per heavy atom. The van der Waals surface area contributed by atoms with Gasteiger partial charge in [-0.2, -0.15) is 0 Å². The van der Waals surface area contributed by atoms with Gasteiger partial charge in [-0.1, -0.05) is 35.0 Å². The highest BCUT2D eigenvalue weighted by Crippen LogP contribution is 2.32. The number of amides is 1. The summed E-state index contributed by atoms with van der Waals surface area (Å²) in [6, 6.07) is 15.9. The second kappa shape index (κ2) is 9.79. The van der Waals surface area contributed by atoms with E-state index in [1.807, 2.05) is 58.1 Å². The summed E-state index contributed by atoms with van der Waals surface area (Å²) in [5, 5.41) is 7.10. The minimum absolute atomic E-state index is 0.395. The van der Waals surface area contributed by atoms with E-state index in [1.165, 1.54) is 11.3 Å². The van der Waals surface area contributed by atoms with E-state index >= 15 is 0 Å². The van der Waals surface area contributed by atoms with Crippen molar-refractivity contribution in [3.05, 3.63) is 58.6 Å². The summed E-state index contributed by atoms with van der Waals surface area (Å²) in [4.78, 5) is 16.0. The largest absolute Gasteiger partial charge is 0.428 e. The fraction of sp³-hybridized carbons (Fsp3) is 0.333. The lowest BCUT2D eigenvalue weighted by molar-refractivity contribution is 0.0713. The van der Waals surface area contributed by atoms with Crippen LogP contribution in [0.25, 0.3) is 21.5 Å². The third-order valence-electron chi connectivity index (χ3n) is 5.96. The fourth-order valence-corrected chi connectivity index (χ4v) is 5.13. The Balaban J connectivity index is 1.31. The Bertz CT molecular complexity index is 1290. The highest BCUT2D eigenvalue weighted by atomic mass is 35.5. The first-order valence-electron chi connectivity index (χ1n) is 11.2. The van der Waals surface area contributed by atoms with Crippen molar-refractivity contribution in [3.8, 4) is 16.5 Å². The van der Waals surface area contributed by atoms with E-state index in [-0.39, 0.29) is 0 Å². The average Bonchev–Trinajstić information content (AvgIpc) is 3.54. The molecule has 1 aliphatic heterocycles. The monoisotopic (exact) mass is 499 g/mol. The maximum Gasteiger partial charge on any atom is 0.428 e. The molecule has 0 aliphatic carbocycles. The molecule has 1 saturated heterocycles. The molecule has 1 fully saturated rings. The third kappa shape index (κ3) is 4.97. The number of benzene rings is 1. The summed E-state index contributed by atoms with van der Waals surface area (Å²) in [6.45, 7) is 8.08. The van der Waals surface area contributed by atoms with Gasteiger partial charge in [-0.15, -0.1) is 11.3 Å². The maximum absolute atomic E-state index is 12.7. The van der Waals surface area contributed by atoms with Crippen molar-refractivity contribution in [1.29, 1.82) is 0 Å². The van der Waals surface area contributed by atoms with Gasteiger partial charge in [-0.25, -0.2) is 9.80 Å². The van der Waals surface area contributed by atoms with E-state index in [0.717, 1.165) is 47.7 Å². The van der Waals surface area contributed by atoms with E-state index in [1.54, 1.807) is 0 Å². The number of carbonyl (C=O) groups is 1. The lowest BCUT2D eigenvalue weighted by Crippen LogP contribution is -2.55. The quantitative estimate of drug-likeness (QED) is 0.398. The number of nitrogens with one attached hydrogen (secondary N) is 1. The zero-order valence-electron chi connectivity index (χ0n) is 19.0. The van der Waals surface area contributed by atoms with Crippen molar-refractivity contribution in [2.45, 2.75) is 26.4 Å². The molecule has 4 heterocycles. The van der Waals surface area contributed by atoms with Gasteiger partial charge in [0.2, 0.25) is 5.88 Å². The van der Waals surface area contributed by atoms with Gasteiger partial charge in [0.15, 0.2) is 5.76 Å². The van der Waals surface area contributed by atoms with E-state index in [4.69, 9.17) is 20.9 Å². The van der Waals surface area contributed by atoms with Crippen LogP contribution in [0.15, 0.2) is 53.1 Å². The van der Waals surface area contributed by atoms with Crippen LogP contribution in [0.1, 0.15) is 19.5 Å². The number of rotatable bonds is 6. The van der Waals surface area contributed by atoms with Crippen LogP contribution in [-0.2, 0) is 6.54 Å². The topological polar surface area (TPSA) is 75.8 Å². The third-order valence-corrected chi connectivity index (χ3v) is 7.20. The predicted octanol–water partition coefficient (Wildman–Crippen LogP) is 5.09. The van der Waals surface area contributed by atoms with Crippen molar-refractivity contribution in [2.24, 2.45) is 0 Å². The second-order valence-corrected chi connectivity index (χ2v) is 10.2. The molecule has 0 unspecified atom stereocenters. The summed E-state index contributed by atoms with van der Waals surface area (Å²) in [5.74, 6) is 1.10. The molecule has 10 heteroatoms. The van der Waals surface area contributed by atoms with Gasteiger partial charge in [-0.3, -0.25) is 10.3 Å². The molecule has 0 radical (unpaired) electrons. The number of halogens is 1. The van der Waals surface area contributed by atoms with E-state index < -0.39 is 6.09 Å². The number of carbonyl (C=O) groups excluding carboxylic acids is 1. The number of ether oxygens (including phenoxy) is 1. The van der Waals surface area contributed by atoms with Crippen molar-refractivity contribution < 1.29 is 14.1 Å². The Kier molecular flexibility index (Phi) is 6.60. The van der Waals surface area contributed by atoms with Crippen molar-refractivity contribution in [3.63, 3.8) is 0 Å². The molecule has 1 aliphatic rings. The Morgan fingerprint density at radius 1 is 1.18 bits per heavy atom. The van der Waals surface area contributed by atoms with Gasteiger partial charge in [-0.05, 0) is 32.0 Å². The molecule has 4 aromatic rings. The molecule has 0 saturated carbocycles. The van der Waals surface area contributed by atoms with Gasteiger partial charge >= 0.3 is 6.09 Å². The Labute approximate surface area is 206 Å². The fourth-order valence-electron chi connectivity index (χ4n) is 4.14. The van der Waals surface area contributed by atoms with Crippen LogP contribution >= 0.6 is 22.9 Å². The van der Waals surface area contributed by atoms with Crippen LogP contribution in [0.5, 0.6) is 5.88 Å². The summed E-state index contributed by atoms with van der Waals surface area (Å²) in [7, 11) is 0. The van der Waals surface area contributed by atoms with Gasteiger partial charge in [0.25, 0.3) is 0 Å². The van der Waals surface area contributed by atoms with Crippen LogP contribution in [0.2, 0.25) is 4.34 Å². The zero-order valence-corrected chi connectivity index (χ0v) is 20.6. The smallest absolute Gasteiger partial charge is 0.392 e. The van der Waals surface area contributed by atoms with Gasteiger partial charge < -0.3 is 13.8 Å². The summed E-state index contributed by atoms with van der Waals surface area (Å²) in [6.07, 6.45) is -0.504. The van der Waals surface area contributed by atoms with Gasteiger partial charge in [0.1, 0.15) is 5.69 Å². The summed E-state index contributed by atoms with van der Waals surface area (Å²) < 4.78 is 13.9. The Hall–Kier alpha value is -2.85. The molecule has 178 valence electrons. The molecule has 0 spiro atoms. The van der Waals surface area contributed by atoms with Crippen LogP contribution in [-0.4, -0.2) is 57.9 Å². The number of thiophene rings is 1. The SMILES string of the molecule is CC(C)N1CCN(NC(=O)Oc2cc3ccccc3n2Cc2cc(-c3ccc(Cl)s3)on2)CC1. The molecule has 5 rings (SSSR count). The number of piperazine rings is 1. The molecule has 0 bridgehead atoms. The van der Waals surface area contributed by atoms with E-state index in [2.05, 4.69) is 29.3 Å². The van der Waals surface area contributed by atoms with E-state index in [0.29, 0.717) is 28.6 Å². The molecular weight excluding hydrogens is 474 g/mol. The highest BCUT2D eigenvalue weighted by molar-refractivity contribution is 7.19. The highest BCUT2D eigenvalue weighted by Gasteiger charge is 2.22. The molecule has 34 heavy (non-hydrogen) atoms. The van der Waals surface area contributed by atoms with Gasteiger partial charge in [0, 0.05) is 49.7 Å². The normalized spacial score (nSPS) is 15.3. The first-order chi connectivity index (χ1) is 16.5. The minimum Gasteiger partial charge on any atom is -0.392 e. The molecule has 0 atom stereocenters. The average molecular weight is 500 g/mol. The summed E-state index contributed by atoms with van der Waals surface area (Å²) >= 11 is 7.48. The van der Waals surface area contributed by atoms with Gasteiger partial charge in [0.05, 0.1) is 21.3 Å². The molecule has 1 aromatic carbocycles. The Morgan fingerprint density at radius 3 is 2.71 bits per heavy atom. The first-order valence-corrected chi connectivity index (χ1v) is 12.4. The molecule has 1 amide bonds. The molecule has 1 N–H and O–H groups in total. The number of hydrogen-bond acceptors (Lipinski definition) is 7.